The average molecular weight is 408 g/mol. The van der Waals surface area contributed by atoms with Crippen molar-refractivity contribution in [2.45, 2.75) is 44.7 Å². The van der Waals surface area contributed by atoms with E-state index in [0.717, 1.165) is 5.92 Å². The van der Waals surface area contributed by atoms with Gasteiger partial charge in [0.05, 0.1) is 19.3 Å². The van der Waals surface area contributed by atoms with Crippen molar-refractivity contribution in [1.29, 1.82) is 0 Å². The van der Waals surface area contributed by atoms with Gasteiger partial charge < -0.3 is 15.4 Å². The third-order valence-electron chi connectivity index (χ3n) is 5.96. The standard InChI is InChI=1S/C24H29N3O3/c1-16(17-7-8-17)27(20-13-14-20)15-23(28)25-19-11-9-18(10-12-19)24(29)26-21-5-3-4-6-22(21)30-2/h3-6,9-12,16-17,20H,7-8,13-15H2,1-2H3,(H,25,28)(H,26,29). The molecule has 0 spiro atoms. The van der Waals surface area contributed by atoms with E-state index >= 15 is 0 Å². The number of rotatable bonds is 9. The molecule has 0 aliphatic heterocycles. The van der Waals surface area contributed by atoms with Gasteiger partial charge in [-0.2, -0.15) is 0 Å². The van der Waals surface area contributed by atoms with Crippen LogP contribution in [0.15, 0.2) is 48.5 Å². The molecule has 0 bridgehead atoms. The summed E-state index contributed by atoms with van der Waals surface area (Å²) >= 11 is 0. The predicted octanol–water partition coefficient (Wildman–Crippen LogP) is 4.15. The summed E-state index contributed by atoms with van der Waals surface area (Å²) in [7, 11) is 1.57. The number of nitrogens with zero attached hydrogens (tertiary/aromatic N) is 1. The predicted molar refractivity (Wildman–Crippen MR) is 118 cm³/mol. The van der Waals surface area contributed by atoms with Crippen LogP contribution in [0.5, 0.6) is 5.75 Å². The third-order valence-corrected chi connectivity index (χ3v) is 5.96. The molecule has 2 saturated carbocycles. The molecule has 2 aliphatic rings. The van der Waals surface area contributed by atoms with Crippen LogP contribution in [0.4, 0.5) is 11.4 Å². The minimum absolute atomic E-state index is 0.000577. The van der Waals surface area contributed by atoms with E-state index in [4.69, 9.17) is 4.74 Å². The summed E-state index contributed by atoms with van der Waals surface area (Å²) in [6.45, 7) is 2.68. The minimum atomic E-state index is -0.226. The summed E-state index contributed by atoms with van der Waals surface area (Å²) in [6, 6.07) is 15.3. The van der Waals surface area contributed by atoms with Crippen molar-refractivity contribution in [3.05, 3.63) is 54.1 Å². The molecule has 158 valence electrons. The van der Waals surface area contributed by atoms with Crippen molar-refractivity contribution in [2.24, 2.45) is 5.92 Å². The van der Waals surface area contributed by atoms with Crippen LogP contribution < -0.4 is 15.4 Å². The Hall–Kier alpha value is -2.86. The number of hydrogen-bond acceptors (Lipinski definition) is 4. The second-order valence-corrected chi connectivity index (χ2v) is 8.26. The highest BCUT2D eigenvalue weighted by molar-refractivity contribution is 6.05. The van der Waals surface area contributed by atoms with Crippen LogP contribution >= 0.6 is 0 Å². The van der Waals surface area contributed by atoms with E-state index in [1.54, 1.807) is 43.5 Å². The van der Waals surface area contributed by atoms with Crippen LogP contribution in [0, 0.1) is 5.92 Å². The maximum Gasteiger partial charge on any atom is 0.255 e. The topological polar surface area (TPSA) is 70.7 Å². The van der Waals surface area contributed by atoms with Gasteiger partial charge in [0.15, 0.2) is 0 Å². The molecule has 6 nitrogen and oxygen atoms in total. The fraction of sp³-hybridized carbons (Fsp3) is 0.417. The summed E-state index contributed by atoms with van der Waals surface area (Å²) in [4.78, 5) is 27.5. The van der Waals surface area contributed by atoms with Gasteiger partial charge in [0.1, 0.15) is 5.75 Å². The van der Waals surface area contributed by atoms with E-state index in [-0.39, 0.29) is 11.8 Å². The maximum absolute atomic E-state index is 12.6. The van der Waals surface area contributed by atoms with Gasteiger partial charge in [0.25, 0.3) is 5.91 Å². The first-order valence-electron chi connectivity index (χ1n) is 10.6. The Kier molecular flexibility index (Phi) is 6.04. The Labute approximate surface area is 177 Å². The molecule has 2 amide bonds. The van der Waals surface area contributed by atoms with Gasteiger partial charge in [-0.3, -0.25) is 14.5 Å². The summed E-state index contributed by atoms with van der Waals surface area (Å²) in [5, 5.41) is 5.83. The second kappa shape index (κ2) is 8.88. The van der Waals surface area contributed by atoms with Gasteiger partial charge in [-0.05, 0) is 74.9 Å². The lowest BCUT2D eigenvalue weighted by Crippen LogP contribution is -2.42. The van der Waals surface area contributed by atoms with E-state index in [1.807, 2.05) is 12.1 Å². The molecular formula is C24H29N3O3. The Morgan fingerprint density at radius 3 is 2.37 bits per heavy atom. The van der Waals surface area contributed by atoms with Crippen LogP contribution in [0.2, 0.25) is 0 Å². The monoisotopic (exact) mass is 407 g/mol. The van der Waals surface area contributed by atoms with Gasteiger partial charge in [-0.25, -0.2) is 0 Å². The highest BCUT2D eigenvalue weighted by atomic mass is 16.5. The van der Waals surface area contributed by atoms with Crippen LogP contribution in [0.3, 0.4) is 0 Å². The largest absolute Gasteiger partial charge is 0.495 e. The quantitative estimate of drug-likeness (QED) is 0.655. The molecule has 2 aliphatic carbocycles. The van der Waals surface area contributed by atoms with Gasteiger partial charge >= 0.3 is 0 Å². The van der Waals surface area contributed by atoms with Gasteiger partial charge in [-0.1, -0.05) is 12.1 Å². The molecule has 4 rings (SSSR count). The Morgan fingerprint density at radius 2 is 1.73 bits per heavy atom. The SMILES string of the molecule is COc1ccccc1NC(=O)c1ccc(NC(=O)CN(C2CC2)C(C)C2CC2)cc1. The zero-order valence-electron chi connectivity index (χ0n) is 17.6. The Balaban J connectivity index is 1.33. The van der Waals surface area contributed by atoms with E-state index < -0.39 is 0 Å². The average Bonchev–Trinajstić information content (AvgIpc) is 3.65. The van der Waals surface area contributed by atoms with Gasteiger partial charge in [-0.15, -0.1) is 0 Å². The number of nitrogens with one attached hydrogen (secondary N) is 2. The van der Waals surface area contributed by atoms with E-state index in [9.17, 15) is 9.59 Å². The summed E-state index contributed by atoms with van der Waals surface area (Å²) in [6.07, 6.45) is 4.95. The molecule has 6 heteroatoms. The van der Waals surface area contributed by atoms with Crippen LogP contribution in [-0.2, 0) is 4.79 Å². The molecular weight excluding hydrogens is 378 g/mol. The molecule has 2 aromatic carbocycles. The first kappa shape index (κ1) is 20.4. The summed E-state index contributed by atoms with van der Waals surface area (Å²) in [5.74, 6) is 1.13. The molecule has 1 atom stereocenters. The first-order valence-corrected chi connectivity index (χ1v) is 10.6. The van der Waals surface area contributed by atoms with Crippen molar-refractivity contribution in [3.63, 3.8) is 0 Å². The number of carbonyl (C=O) groups is 2. The number of carbonyl (C=O) groups excluding carboxylic acids is 2. The molecule has 30 heavy (non-hydrogen) atoms. The highest BCUT2D eigenvalue weighted by Gasteiger charge is 2.39. The maximum atomic E-state index is 12.6. The molecule has 0 heterocycles. The van der Waals surface area contributed by atoms with Crippen molar-refractivity contribution in [3.8, 4) is 5.75 Å². The fourth-order valence-electron chi connectivity index (χ4n) is 3.87. The lowest BCUT2D eigenvalue weighted by molar-refractivity contribution is -0.118. The van der Waals surface area contributed by atoms with Crippen LogP contribution in [-0.4, -0.2) is 42.5 Å². The first-order chi connectivity index (χ1) is 14.5. The Morgan fingerprint density at radius 1 is 1.03 bits per heavy atom. The lowest BCUT2D eigenvalue weighted by atomic mass is 10.1. The number of amides is 2. The molecule has 0 saturated heterocycles. The molecule has 1 unspecified atom stereocenters. The summed E-state index contributed by atoms with van der Waals surface area (Å²) in [5.41, 5.74) is 1.83. The molecule has 0 radical (unpaired) electrons. The van der Waals surface area contributed by atoms with E-state index in [0.29, 0.717) is 41.3 Å². The minimum Gasteiger partial charge on any atom is -0.495 e. The number of para-hydroxylation sites is 2. The zero-order valence-corrected chi connectivity index (χ0v) is 17.6. The molecule has 2 fully saturated rings. The number of hydrogen-bond donors (Lipinski definition) is 2. The van der Waals surface area contributed by atoms with Crippen molar-refractivity contribution in [2.75, 3.05) is 24.3 Å². The smallest absolute Gasteiger partial charge is 0.255 e. The van der Waals surface area contributed by atoms with Gasteiger partial charge in [0.2, 0.25) is 5.91 Å². The normalized spacial score (nSPS) is 16.8. The number of anilines is 2. The highest BCUT2D eigenvalue weighted by Crippen LogP contribution is 2.39. The van der Waals surface area contributed by atoms with E-state index in [1.165, 1.54) is 25.7 Å². The molecule has 0 aromatic heterocycles. The fourth-order valence-corrected chi connectivity index (χ4v) is 3.87. The second-order valence-electron chi connectivity index (χ2n) is 8.26. The van der Waals surface area contributed by atoms with E-state index in [2.05, 4.69) is 22.5 Å². The number of ether oxygens (including phenoxy) is 1. The molecule has 2 aromatic rings. The number of methoxy groups -OCH3 is 1. The Bertz CT molecular complexity index is 904. The van der Waals surface area contributed by atoms with Crippen LogP contribution in [0.25, 0.3) is 0 Å². The lowest BCUT2D eigenvalue weighted by Gasteiger charge is -2.28. The third kappa shape index (κ3) is 5.00. The summed E-state index contributed by atoms with van der Waals surface area (Å²) < 4.78 is 5.27. The van der Waals surface area contributed by atoms with Crippen LogP contribution in [0.1, 0.15) is 43.0 Å². The van der Waals surface area contributed by atoms with Crippen molar-refractivity contribution >= 4 is 23.2 Å². The van der Waals surface area contributed by atoms with Crippen molar-refractivity contribution in [1.82, 2.24) is 4.90 Å². The zero-order chi connectivity index (χ0) is 21.1. The number of benzene rings is 2. The van der Waals surface area contributed by atoms with Crippen molar-refractivity contribution < 1.29 is 14.3 Å². The van der Waals surface area contributed by atoms with Gasteiger partial charge in [0, 0.05) is 23.3 Å². The molecule has 2 N–H and O–H groups in total.